The number of hydrogen-bond acceptors (Lipinski definition) is 5. The average molecular weight is 603 g/mol. The summed E-state index contributed by atoms with van der Waals surface area (Å²) in [4.78, 5) is 43.7. The highest BCUT2D eigenvalue weighted by atomic mass is 16.1. The van der Waals surface area contributed by atoms with E-state index in [9.17, 15) is 14.4 Å². The van der Waals surface area contributed by atoms with Crippen molar-refractivity contribution >= 4 is 24.7 Å². The maximum atomic E-state index is 14.4. The van der Waals surface area contributed by atoms with Crippen molar-refractivity contribution in [2.75, 3.05) is 6.54 Å². The highest BCUT2D eigenvalue weighted by Crippen LogP contribution is 2.52. The fraction of sp³-hybridized carbons (Fsp3) is 0.919. The quantitative estimate of drug-likeness (QED) is 0.202. The summed E-state index contributed by atoms with van der Waals surface area (Å²) in [6.07, 6.45) is 6.83. The van der Waals surface area contributed by atoms with Crippen molar-refractivity contribution in [1.82, 2.24) is 10.1 Å². The molecule has 0 aliphatic carbocycles. The summed E-state index contributed by atoms with van der Waals surface area (Å²) >= 11 is 0. The topological polar surface area (TPSA) is 66.5 Å². The van der Waals surface area contributed by atoms with Gasteiger partial charge in [-0.2, -0.15) is 0 Å². The van der Waals surface area contributed by atoms with E-state index in [0.717, 1.165) is 45.1 Å². The molecule has 5 atom stereocenters. The molecule has 0 amide bonds. The van der Waals surface area contributed by atoms with Gasteiger partial charge in [-0.15, -0.1) is 0 Å². The second kappa shape index (κ2) is 14.6. The van der Waals surface area contributed by atoms with E-state index in [0.29, 0.717) is 24.5 Å². The Balaban J connectivity index is 3.78. The van der Waals surface area contributed by atoms with Crippen LogP contribution in [0.1, 0.15) is 162 Å². The van der Waals surface area contributed by atoms with Crippen molar-refractivity contribution in [3.05, 3.63) is 0 Å². The minimum Gasteiger partial charge on any atom is -0.341 e. The predicted molar refractivity (Wildman–Crippen MR) is 186 cm³/mol. The zero-order chi connectivity index (χ0) is 33.8. The molecule has 1 N–H and O–H groups in total. The normalized spacial score (nSPS) is 26.9. The Labute approximate surface area is 268 Å². The molecule has 0 radical (unpaired) electrons. The van der Waals surface area contributed by atoms with Gasteiger partial charge < -0.3 is 10.0 Å². The molecule has 0 bridgehead atoms. The summed E-state index contributed by atoms with van der Waals surface area (Å²) in [6, 6.07) is 0. The second-order valence-electron chi connectivity index (χ2n) is 17.1. The van der Waals surface area contributed by atoms with E-state index in [1.165, 1.54) is 0 Å². The first-order valence-electron chi connectivity index (χ1n) is 17.6. The largest absolute Gasteiger partial charge is 0.341 e. The minimum absolute atomic E-state index is 0.00245. The third kappa shape index (κ3) is 8.63. The van der Waals surface area contributed by atoms with Crippen LogP contribution in [0.25, 0.3) is 0 Å². The molecule has 6 heteroatoms. The maximum absolute atomic E-state index is 14.4. The van der Waals surface area contributed by atoms with Crippen molar-refractivity contribution in [3.63, 3.8) is 0 Å². The lowest BCUT2D eigenvalue weighted by Gasteiger charge is -2.61. The number of ketones is 2. The van der Waals surface area contributed by atoms with E-state index in [-0.39, 0.29) is 47.1 Å². The van der Waals surface area contributed by atoms with Crippen LogP contribution in [0, 0.1) is 34.0 Å². The van der Waals surface area contributed by atoms with Crippen molar-refractivity contribution in [2.45, 2.75) is 179 Å². The number of nitrogens with one attached hydrogen (secondary N) is 1. The van der Waals surface area contributed by atoms with Crippen LogP contribution in [-0.2, 0) is 14.4 Å². The Morgan fingerprint density at radius 3 is 1.86 bits per heavy atom. The van der Waals surface area contributed by atoms with Gasteiger partial charge in [-0.1, -0.05) is 76.2 Å². The number of carbonyl (C=O) groups is 3. The summed E-state index contributed by atoms with van der Waals surface area (Å²) in [5.41, 5.74) is -2.07. The minimum atomic E-state index is -0.707. The van der Waals surface area contributed by atoms with Crippen molar-refractivity contribution in [1.29, 1.82) is 0 Å². The SMILES string of the molecule is CCC(CC)C(=O)C1CC(C)CC(C)(C)CN(C(C)(CC)C(C)(CC)C(=O)BNC(C)(CC)C(C)=O)C(C)(C)CC1(C)C. The fourth-order valence-corrected chi connectivity index (χ4v) is 8.83. The third-order valence-electron chi connectivity index (χ3n) is 12.3. The van der Waals surface area contributed by atoms with E-state index in [4.69, 9.17) is 0 Å². The molecule has 1 heterocycles. The lowest BCUT2D eigenvalue weighted by Crippen LogP contribution is -2.69. The first-order chi connectivity index (χ1) is 19.5. The second-order valence-corrected chi connectivity index (χ2v) is 17.1. The van der Waals surface area contributed by atoms with Gasteiger partial charge >= 0.3 is 0 Å². The Morgan fingerprint density at radius 2 is 1.44 bits per heavy atom. The van der Waals surface area contributed by atoms with Gasteiger partial charge in [0.05, 0.1) is 5.54 Å². The highest BCUT2D eigenvalue weighted by molar-refractivity contribution is 6.73. The van der Waals surface area contributed by atoms with Crippen molar-refractivity contribution in [2.24, 2.45) is 34.0 Å². The van der Waals surface area contributed by atoms with E-state index in [2.05, 4.69) is 100 Å². The van der Waals surface area contributed by atoms with Crippen LogP contribution >= 0.6 is 0 Å². The molecule has 0 aromatic rings. The van der Waals surface area contributed by atoms with Crippen LogP contribution in [0.15, 0.2) is 0 Å². The molecule has 1 saturated heterocycles. The standard InChI is InChI=1S/C37H71BN2O3/c1-17-28(18-2)30(42)29-22-26(6)23-32(8,9)25-40(34(12,13)24-33(29,10)11)37(16,21-5)35(14,19-3)31(43)38-39-36(15,20-4)27(7)41/h26,28-29,38-39H,17-25H2,1-16H3. The van der Waals surface area contributed by atoms with Gasteiger partial charge in [0.2, 0.25) is 0 Å². The third-order valence-corrected chi connectivity index (χ3v) is 12.3. The van der Waals surface area contributed by atoms with E-state index in [1.54, 1.807) is 6.92 Å². The van der Waals surface area contributed by atoms with Crippen LogP contribution in [0.4, 0.5) is 0 Å². The molecule has 0 spiro atoms. The Morgan fingerprint density at radius 1 is 0.907 bits per heavy atom. The fourth-order valence-electron chi connectivity index (χ4n) is 8.83. The first kappa shape index (κ1) is 40.0. The monoisotopic (exact) mass is 603 g/mol. The van der Waals surface area contributed by atoms with Crippen LogP contribution in [0.3, 0.4) is 0 Å². The van der Waals surface area contributed by atoms with Gasteiger partial charge in [-0.25, -0.2) is 0 Å². The summed E-state index contributed by atoms with van der Waals surface area (Å²) in [7, 11) is 0.177. The smallest absolute Gasteiger partial charge is 0.284 e. The maximum Gasteiger partial charge on any atom is 0.284 e. The van der Waals surface area contributed by atoms with Gasteiger partial charge in [0, 0.05) is 34.9 Å². The average Bonchev–Trinajstić information content (AvgIpc) is 2.91. The molecule has 5 nitrogen and oxygen atoms in total. The van der Waals surface area contributed by atoms with Crippen LogP contribution in [-0.4, -0.2) is 52.7 Å². The highest BCUT2D eigenvalue weighted by Gasteiger charge is 2.56. The number of nitrogens with zero attached hydrogens (tertiary/aromatic N) is 1. The zero-order valence-corrected chi connectivity index (χ0v) is 31.5. The first-order valence-corrected chi connectivity index (χ1v) is 17.6. The molecular weight excluding hydrogens is 531 g/mol. The Hall–Kier alpha value is -1.01. The van der Waals surface area contributed by atoms with E-state index >= 15 is 0 Å². The van der Waals surface area contributed by atoms with Crippen LogP contribution in [0.2, 0.25) is 0 Å². The number of rotatable bonds is 14. The number of Topliss-reactive ketones (excluding diaryl/α,β-unsaturated/α-hetero) is 2. The van der Waals surface area contributed by atoms with Crippen molar-refractivity contribution in [3.8, 4) is 0 Å². The summed E-state index contributed by atoms with van der Waals surface area (Å²) in [5, 5.41) is 3.37. The molecule has 1 aliphatic rings. The molecule has 5 unspecified atom stereocenters. The van der Waals surface area contributed by atoms with Gasteiger partial charge in [0.1, 0.15) is 17.2 Å². The molecule has 43 heavy (non-hydrogen) atoms. The molecule has 250 valence electrons. The number of carbonyl (C=O) groups excluding carboxylic acids is 3. The van der Waals surface area contributed by atoms with E-state index in [1.807, 2.05) is 13.8 Å². The van der Waals surface area contributed by atoms with Gasteiger partial charge in [0.25, 0.3) is 7.41 Å². The number of hydrogen-bond donors (Lipinski definition) is 1. The van der Waals surface area contributed by atoms with Crippen LogP contribution < -0.4 is 5.23 Å². The molecule has 1 fully saturated rings. The molecule has 0 saturated carbocycles. The predicted octanol–water partition coefficient (Wildman–Crippen LogP) is 8.37. The molecule has 0 aromatic carbocycles. The van der Waals surface area contributed by atoms with Gasteiger partial charge in [-0.3, -0.25) is 14.5 Å². The Kier molecular flexibility index (Phi) is 13.6. The zero-order valence-electron chi connectivity index (χ0n) is 31.5. The van der Waals surface area contributed by atoms with Gasteiger partial charge in [0.15, 0.2) is 0 Å². The van der Waals surface area contributed by atoms with Crippen molar-refractivity contribution < 1.29 is 14.4 Å². The lowest BCUT2D eigenvalue weighted by molar-refractivity contribution is -0.146. The molecular formula is C37H71BN2O3. The lowest BCUT2D eigenvalue weighted by atomic mass is 9.55. The van der Waals surface area contributed by atoms with E-state index < -0.39 is 16.5 Å². The van der Waals surface area contributed by atoms with Gasteiger partial charge in [-0.05, 0) is 103 Å². The molecule has 1 aliphatic heterocycles. The molecule has 0 aromatic heterocycles. The summed E-state index contributed by atoms with van der Waals surface area (Å²) in [6.45, 7) is 36.0. The summed E-state index contributed by atoms with van der Waals surface area (Å²) < 4.78 is 0. The molecule has 1 rings (SSSR count). The van der Waals surface area contributed by atoms with Crippen LogP contribution in [0.5, 0.6) is 0 Å². The Bertz CT molecular complexity index is 971. The summed E-state index contributed by atoms with van der Waals surface area (Å²) in [5.74, 6) is 1.06.